The normalized spacial score (nSPS) is 17.4. The second-order valence-electron chi connectivity index (χ2n) is 15.0. The van der Waals surface area contributed by atoms with Crippen LogP contribution in [-0.4, -0.2) is 40.6 Å². The minimum Gasteiger partial charge on any atom is -0.489 e. The number of carboxylic acid groups (broad SMARTS) is 1. The summed E-state index contributed by atoms with van der Waals surface area (Å²) in [4.78, 5) is 29.2. The Morgan fingerprint density at radius 1 is 0.933 bits per heavy atom. The number of ether oxygens (including phenoxy) is 3. The van der Waals surface area contributed by atoms with Gasteiger partial charge in [0.05, 0.1) is 16.1 Å². The lowest BCUT2D eigenvalue weighted by Crippen LogP contribution is -2.55. The number of nitrogens with one attached hydrogen (secondary N) is 1. The lowest BCUT2D eigenvalue weighted by atomic mass is 9.89. The lowest BCUT2D eigenvalue weighted by molar-refractivity contribution is -0.143. The molecular weight excluding hydrogens is 795 g/mol. The van der Waals surface area contributed by atoms with Crippen molar-refractivity contribution in [2.75, 3.05) is 6.61 Å². The van der Waals surface area contributed by atoms with Gasteiger partial charge in [0.1, 0.15) is 25.0 Å². The second kappa shape index (κ2) is 19.5. The molecule has 1 amide bonds. The van der Waals surface area contributed by atoms with Crippen molar-refractivity contribution in [3.63, 3.8) is 0 Å². The molecule has 308 valence electrons. The van der Waals surface area contributed by atoms with Gasteiger partial charge in [-0.25, -0.2) is 4.79 Å². The highest BCUT2D eigenvalue weighted by Crippen LogP contribution is 2.42. The fourth-order valence-electron chi connectivity index (χ4n) is 7.84. The number of benzene rings is 5. The Hall–Kier alpha value is -5.80. The summed E-state index contributed by atoms with van der Waals surface area (Å²) in [6, 6.07) is 33.2. The first-order chi connectivity index (χ1) is 29.1. The quantitative estimate of drug-likeness (QED) is 0.101. The fourth-order valence-corrected chi connectivity index (χ4v) is 8.16. The Morgan fingerprint density at radius 3 is 2.35 bits per heavy atom. The molecule has 2 heterocycles. The van der Waals surface area contributed by atoms with Crippen molar-refractivity contribution in [1.29, 1.82) is 0 Å². The van der Waals surface area contributed by atoms with E-state index in [2.05, 4.69) is 35.9 Å². The van der Waals surface area contributed by atoms with Crippen molar-refractivity contribution in [2.45, 2.75) is 70.5 Å². The number of allylic oxidation sites excluding steroid dienone is 5. The van der Waals surface area contributed by atoms with Crippen molar-refractivity contribution < 1.29 is 28.9 Å². The summed E-state index contributed by atoms with van der Waals surface area (Å²) in [5, 5.41) is 14.3. The molecule has 5 aromatic rings. The Bertz CT molecular complexity index is 2380. The monoisotopic (exact) mass is 842 g/mol. The maximum Gasteiger partial charge on any atom is 0.326 e. The number of halogens is 2. The van der Waals surface area contributed by atoms with E-state index in [4.69, 9.17) is 37.4 Å². The fraction of sp³-hybridized carbons (Fsp3) is 0.240. The minimum absolute atomic E-state index is 0.0982. The predicted molar refractivity (Wildman–Crippen MR) is 238 cm³/mol. The van der Waals surface area contributed by atoms with Gasteiger partial charge >= 0.3 is 5.97 Å². The molecule has 2 aliphatic heterocycles. The highest BCUT2D eigenvalue weighted by Gasteiger charge is 2.38. The molecule has 0 fully saturated rings. The second-order valence-corrected chi connectivity index (χ2v) is 15.8. The summed E-state index contributed by atoms with van der Waals surface area (Å²) in [7, 11) is 0. The molecule has 0 bridgehead atoms. The van der Waals surface area contributed by atoms with Crippen LogP contribution in [0.4, 0.5) is 0 Å². The number of carbonyl (C=O) groups is 2. The Labute approximate surface area is 361 Å². The van der Waals surface area contributed by atoms with Gasteiger partial charge in [0.25, 0.3) is 0 Å². The summed E-state index contributed by atoms with van der Waals surface area (Å²) in [6.45, 7) is 9.08. The van der Waals surface area contributed by atoms with Crippen LogP contribution in [-0.2, 0) is 35.6 Å². The van der Waals surface area contributed by atoms with Crippen LogP contribution in [0.1, 0.15) is 71.4 Å². The van der Waals surface area contributed by atoms with E-state index in [0.29, 0.717) is 53.5 Å². The average molecular weight is 844 g/mol. The van der Waals surface area contributed by atoms with Crippen molar-refractivity contribution in [3.05, 3.63) is 189 Å². The summed E-state index contributed by atoms with van der Waals surface area (Å²) < 4.78 is 18.9. The molecule has 5 aromatic carbocycles. The number of hydrogen-bond acceptors (Lipinski definition) is 6. The summed E-state index contributed by atoms with van der Waals surface area (Å²) in [5.41, 5.74) is 7.65. The number of amides is 1. The first-order valence-electron chi connectivity index (χ1n) is 20.1. The van der Waals surface area contributed by atoms with E-state index in [1.165, 1.54) is 0 Å². The summed E-state index contributed by atoms with van der Waals surface area (Å²) >= 11 is 12.2. The first kappa shape index (κ1) is 42.3. The molecule has 2 N–H and O–H groups in total. The molecule has 7 rings (SSSR count). The highest BCUT2D eigenvalue weighted by atomic mass is 35.5. The molecule has 10 heteroatoms. The van der Waals surface area contributed by atoms with Crippen LogP contribution in [0.25, 0.3) is 5.57 Å². The van der Waals surface area contributed by atoms with Crippen LogP contribution in [0.5, 0.6) is 17.2 Å². The van der Waals surface area contributed by atoms with E-state index in [0.717, 1.165) is 50.9 Å². The molecular formula is C50H48Cl2N2O6. The van der Waals surface area contributed by atoms with Gasteiger partial charge in [0, 0.05) is 19.0 Å². The summed E-state index contributed by atoms with van der Waals surface area (Å²) in [6.07, 6.45) is 8.56. The number of nitrogens with zero attached hydrogens (tertiary/aromatic N) is 1. The maximum atomic E-state index is 14.4. The van der Waals surface area contributed by atoms with Crippen molar-refractivity contribution >= 4 is 40.7 Å². The van der Waals surface area contributed by atoms with Crippen LogP contribution in [0.2, 0.25) is 10.0 Å². The lowest BCUT2D eigenvalue weighted by Gasteiger charge is -2.42. The molecule has 0 radical (unpaired) electrons. The molecule has 0 spiro atoms. The topological polar surface area (TPSA) is 97.3 Å². The zero-order chi connectivity index (χ0) is 42.2. The van der Waals surface area contributed by atoms with Crippen LogP contribution in [0.15, 0.2) is 140 Å². The van der Waals surface area contributed by atoms with E-state index in [1.54, 1.807) is 18.2 Å². The first-order valence-corrected chi connectivity index (χ1v) is 20.9. The average Bonchev–Trinajstić information content (AvgIpc) is 3.27. The molecule has 0 saturated heterocycles. The minimum atomic E-state index is -1.12. The van der Waals surface area contributed by atoms with Gasteiger partial charge in [-0.05, 0) is 101 Å². The van der Waals surface area contributed by atoms with Crippen LogP contribution in [0.3, 0.4) is 0 Å². The van der Waals surface area contributed by atoms with Gasteiger partial charge in [-0.2, -0.15) is 0 Å². The highest BCUT2D eigenvalue weighted by molar-refractivity contribution is 6.42. The third kappa shape index (κ3) is 9.96. The van der Waals surface area contributed by atoms with E-state index in [9.17, 15) is 14.7 Å². The largest absolute Gasteiger partial charge is 0.489 e. The number of aliphatic carboxylic acids is 1. The van der Waals surface area contributed by atoms with Gasteiger partial charge < -0.3 is 24.6 Å². The van der Waals surface area contributed by atoms with Gasteiger partial charge in [0.2, 0.25) is 5.91 Å². The van der Waals surface area contributed by atoms with Gasteiger partial charge in [-0.15, -0.1) is 0 Å². The van der Waals surface area contributed by atoms with Crippen molar-refractivity contribution in [1.82, 2.24) is 10.2 Å². The number of hydrogen-bond donors (Lipinski definition) is 2. The van der Waals surface area contributed by atoms with Crippen LogP contribution >= 0.6 is 23.2 Å². The number of carbonyl (C=O) groups excluding carboxylic acids is 1. The maximum absolute atomic E-state index is 14.4. The molecule has 0 saturated carbocycles. The smallest absolute Gasteiger partial charge is 0.326 e. The zero-order valence-electron chi connectivity index (χ0n) is 33.7. The molecule has 8 nitrogen and oxygen atoms in total. The van der Waals surface area contributed by atoms with E-state index in [1.807, 2.05) is 110 Å². The molecule has 4 atom stereocenters. The molecule has 0 aromatic heterocycles. The van der Waals surface area contributed by atoms with Gasteiger partial charge in [-0.3, -0.25) is 9.69 Å². The predicted octanol–water partition coefficient (Wildman–Crippen LogP) is 10.9. The standard InChI is InChI=1S/C50H48Cl2N2O6/c1-4-7-11-34(5-2)35-17-14-32(15-18-35)25-43(50(56)57)53-49(55)45-26-38-27-46-47(28-39(38)29-54(45)44(6-3)36-12-9-8-10-13-36)60-48(31-59-46)37-19-21-40(22-20-37)58-30-33-16-23-41(51)42(52)24-33/h4-5,7-24,27-28,43-45,48H,2,6,25-26,29-31H2,1,3H3,(H,53,55)(H,56,57). The van der Waals surface area contributed by atoms with Crippen molar-refractivity contribution in [3.8, 4) is 17.2 Å². The number of carboxylic acids is 1. The van der Waals surface area contributed by atoms with Crippen molar-refractivity contribution in [2.24, 2.45) is 0 Å². The Morgan fingerprint density at radius 2 is 1.67 bits per heavy atom. The molecule has 60 heavy (non-hydrogen) atoms. The zero-order valence-corrected chi connectivity index (χ0v) is 35.2. The van der Waals surface area contributed by atoms with Gasteiger partial charge in [0.15, 0.2) is 17.6 Å². The summed E-state index contributed by atoms with van der Waals surface area (Å²) in [5.74, 6) is 0.529. The third-order valence-electron chi connectivity index (χ3n) is 11.0. The SMILES string of the molecule is C=CC(=CC=CC)c1ccc(CC(NC(=O)C2Cc3cc4c(cc3CN2C(CC)c2ccccc2)OC(c2ccc(OCc3ccc(Cl)c(Cl)c3)cc2)CO4)C(=O)O)cc1. The molecule has 4 unspecified atom stereocenters. The van der Waals surface area contributed by atoms with E-state index >= 15 is 0 Å². The van der Waals surface area contributed by atoms with Gasteiger partial charge in [-0.1, -0.05) is 134 Å². The number of rotatable bonds is 15. The molecule has 2 aliphatic rings. The number of fused-ring (bicyclic) bond motifs is 2. The van der Waals surface area contributed by atoms with Crippen LogP contribution < -0.4 is 19.5 Å². The molecule has 0 aliphatic carbocycles. The van der Waals surface area contributed by atoms with E-state index < -0.39 is 18.1 Å². The van der Waals surface area contributed by atoms with E-state index in [-0.39, 0.29) is 24.5 Å². The Balaban J connectivity index is 1.08. The third-order valence-corrected chi connectivity index (χ3v) is 11.8. The van der Waals surface area contributed by atoms with Crippen LogP contribution in [0, 0.1) is 0 Å². The Kier molecular flexibility index (Phi) is 13.8.